The van der Waals surface area contributed by atoms with Gasteiger partial charge in [-0.3, -0.25) is 9.59 Å². The van der Waals surface area contributed by atoms with E-state index in [9.17, 15) is 9.59 Å². The largest absolute Gasteiger partial charge is 0.494 e. The highest BCUT2D eigenvalue weighted by molar-refractivity contribution is 6.31. The van der Waals surface area contributed by atoms with Gasteiger partial charge in [0.2, 0.25) is 11.8 Å². The molecule has 6 heteroatoms. The van der Waals surface area contributed by atoms with Gasteiger partial charge in [0.1, 0.15) is 5.75 Å². The zero-order valence-corrected chi connectivity index (χ0v) is 16.2. The highest BCUT2D eigenvalue weighted by Crippen LogP contribution is 2.28. The smallest absolute Gasteiger partial charge is 0.227 e. The van der Waals surface area contributed by atoms with E-state index in [1.165, 1.54) is 0 Å². The van der Waals surface area contributed by atoms with E-state index in [1.54, 1.807) is 11.0 Å². The summed E-state index contributed by atoms with van der Waals surface area (Å²) in [5, 5.41) is 3.59. The number of hydrogen-bond acceptors (Lipinski definition) is 3. The number of halogens is 1. The summed E-state index contributed by atoms with van der Waals surface area (Å²) in [6.07, 6.45) is 0.203. The number of benzene rings is 2. The second-order valence-electron chi connectivity index (χ2n) is 6.58. The van der Waals surface area contributed by atoms with Gasteiger partial charge in [-0.25, -0.2) is 0 Å². The molecule has 0 saturated carbocycles. The zero-order valence-electron chi connectivity index (χ0n) is 15.4. The summed E-state index contributed by atoms with van der Waals surface area (Å²) in [5.74, 6) is 0.193. The first-order valence-corrected chi connectivity index (χ1v) is 9.45. The number of nitrogens with zero attached hydrogens (tertiary/aromatic N) is 1. The van der Waals surface area contributed by atoms with Crippen LogP contribution in [-0.4, -0.2) is 25.0 Å². The quantitative estimate of drug-likeness (QED) is 0.817. The molecule has 2 aromatic rings. The van der Waals surface area contributed by atoms with Crippen molar-refractivity contribution >= 4 is 29.1 Å². The van der Waals surface area contributed by atoms with Crippen molar-refractivity contribution in [2.45, 2.75) is 26.3 Å². The average Bonchev–Trinajstić information content (AvgIpc) is 3.05. The SMILES string of the molecule is CCOc1ccc(N2CC(C(=O)NC(C)c3ccccc3Cl)CC2=O)cc1. The Bertz CT molecular complexity index is 822. The summed E-state index contributed by atoms with van der Waals surface area (Å²) in [4.78, 5) is 26.7. The predicted molar refractivity (Wildman–Crippen MR) is 106 cm³/mol. The van der Waals surface area contributed by atoms with Crippen LogP contribution in [0, 0.1) is 5.92 Å². The number of carbonyl (C=O) groups excluding carboxylic acids is 2. The predicted octanol–water partition coefficient (Wildman–Crippen LogP) is 3.97. The van der Waals surface area contributed by atoms with E-state index in [1.807, 2.05) is 56.3 Å². The number of rotatable bonds is 6. The molecule has 1 saturated heterocycles. The van der Waals surface area contributed by atoms with Crippen molar-refractivity contribution < 1.29 is 14.3 Å². The lowest BCUT2D eigenvalue weighted by Crippen LogP contribution is -2.34. The molecule has 142 valence electrons. The summed E-state index contributed by atoms with van der Waals surface area (Å²) in [6, 6.07) is 14.6. The molecular weight excluding hydrogens is 364 g/mol. The highest BCUT2D eigenvalue weighted by Gasteiger charge is 2.35. The van der Waals surface area contributed by atoms with Crippen LogP contribution in [0.4, 0.5) is 5.69 Å². The fourth-order valence-electron chi connectivity index (χ4n) is 3.26. The minimum atomic E-state index is -0.381. The van der Waals surface area contributed by atoms with Crippen molar-refractivity contribution in [3.8, 4) is 5.75 Å². The third-order valence-corrected chi connectivity index (χ3v) is 5.03. The van der Waals surface area contributed by atoms with Gasteiger partial charge in [0.15, 0.2) is 0 Å². The Morgan fingerprint density at radius 2 is 1.96 bits per heavy atom. The Labute approximate surface area is 164 Å². The molecule has 27 heavy (non-hydrogen) atoms. The van der Waals surface area contributed by atoms with Gasteiger partial charge in [0, 0.05) is 23.7 Å². The number of nitrogens with one attached hydrogen (secondary N) is 1. The molecule has 0 bridgehead atoms. The maximum Gasteiger partial charge on any atom is 0.227 e. The fourth-order valence-corrected chi connectivity index (χ4v) is 3.56. The Morgan fingerprint density at radius 1 is 1.26 bits per heavy atom. The van der Waals surface area contributed by atoms with Crippen LogP contribution < -0.4 is 15.0 Å². The van der Waals surface area contributed by atoms with Gasteiger partial charge >= 0.3 is 0 Å². The van der Waals surface area contributed by atoms with Crippen molar-refractivity contribution in [2.75, 3.05) is 18.1 Å². The van der Waals surface area contributed by atoms with Crippen LogP contribution >= 0.6 is 11.6 Å². The highest BCUT2D eigenvalue weighted by atomic mass is 35.5. The van der Waals surface area contributed by atoms with E-state index in [-0.39, 0.29) is 30.2 Å². The molecule has 0 radical (unpaired) electrons. The second-order valence-corrected chi connectivity index (χ2v) is 6.99. The van der Waals surface area contributed by atoms with Gasteiger partial charge in [-0.15, -0.1) is 0 Å². The van der Waals surface area contributed by atoms with Gasteiger partial charge in [0.05, 0.1) is 18.6 Å². The van der Waals surface area contributed by atoms with E-state index in [4.69, 9.17) is 16.3 Å². The minimum absolute atomic E-state index is 0.0512. The summed E-state index contributed by atoms with van der Waals surface area (Å²) in [6.45, 7) is 4.77. The zero-order chi connectivity index (χ0) is 19.4. The third kappa shape index (κ3) is 4.42. The molecule has 2 amide bonds. The fraction of sp³-hybridized carbons (Fsp3) is 0.333. The van der Waals surface area contributed by atoms with Crippen molar-refractivity contribution in [3.63, 3.8) is 0 Å². The van der Waals surface area contributed by atoms with Gasteiger partial charge < -0.3 is 15.0 Å². The normalized spacial score (nSPS) is 17.7. The maximum atomic E-state index is 12.6. The molecule has 2 aromatic carbocycles. The molecule has 0 aliphatic carbocycles. The van der Waals surface area contributed by atoms with Crippen molar-refractivity contribution in [1.82, 2.24) is 5.32 Å². The van der Waals surface area contributed by atoms with Crippen molar-refractivity contribution in [3.05, 3.63) is 59.1 Å². The summed E-state index contributed by atoms with van der Waals surface area (Å²) in [7, 11) is 0. The van der Waals surface area contributed by atoms with Crippen LogP contribution in [-0.2, 0) is 9.59 Å². The number of hydrogen-bond donors (Lipinski definition) is 1. The second kappa shape index (κ2) is 8.44. The molecule has 1 fully saturated rings. The topological polar surface area (TPSA) is 58.6 Å². The monoisotopic (exact) mass is 386 g/mol. The molecule has 2 atom stereocenters. The molecule has 2 unspecified atom stereocenters. The van der Waals surface area contributed by atoms with Crippen molar-refractivity contribution in [2.24, 2.45) is 5.92 Å². The molecule has 1 aliphatic heterocycles. The lowest BCUT2D eigenvalue weighted by Gasteiger charge is -2.19. The molecule has 0 aromatic heterocycles. The van der Waals surface area contributed by atoms with Gasteiger partial charge in [-0.1, -0.05) is 29.8 Å². The molecule has 5 nitrogen and oxygen atoms in total. The van der Waals surface area contributed by atoms with Crippen LogP contribution in [0.1, 0.15) is 31.9 Å². The number of ether oxygens (including phenoxy) is 1. The van der Waals surface area contributed by atoms with Crippen LogP contribution in [0.5, 0.6) is 5.75 Å². The van der Waals surface area contributed by atoms with E-state index in [0.29, 0.717) is 18.2 Å². The summed E-state index contributed by atoms with van der Waals surface area (Å²) >= 11 is 6.20. The van der Waals surface area contributed by atoms with E-state index < -0.39 is 0 Å². The molecule has 1 N–H and O–H groups in total. The Kier molecular flexibility index (Phi) is 6.01. The maximum absolute atomic E-state index is 12.6. The number of carbonyl (C=O) groups is 2. The van der Waals surface area contributed by atoms with Crippen LogP contribution in [0.15, 0.2) is 48.5 Å². The van der Waals surface area contributed by atoms with Crippen molar-refractivity contribution in [1.29, 1.82) is 0 Å². The average molecular weight is 387 g/mol. The van der Waals surface area contributed by atoms with Gasteiger partial charge in [-0.05, 0) is 49.7 Å². The van der Waals surface area contributed by atoms with E-state index in [0.717, 1.165) is 17.0 Å². The van der Waals surface area contributed by atoms with E-state index in [2.05, 4.69) is 5.32 Å². The first kappa shape index (κ1) is 19.2. The summed E-state index contributed by atoms with van der Waals surface area (Å²) < 4.78 is 5.43. The van der Waals surface area contributed by atoms with E-state index >= 15 is 0 Å². The van der Waals surface area contributed by atoms with Crippen LogP contribution in [0.25, 0.3) is 0 Å². The molecule has 3 rings (SSSR count). The lowest BCUT2D eigenvalue weighted by molar-refractivity contribution is -0.126. The lowest BCUT2D eigenvalue weighted by atomic mass is 10.0. The first-order chi connectivity index (χ1) is 13.0. The van der Waals surface area contributed by atoms with Crippen LogP contribution in [0.3, 0.4) is 0 Å². The number of amides is 2. The van der Waals surface area contributed by atoms with Gasteiger partial charge in [-0.2, -0.15) is 0 Å². The Hall–Kier alpha value is -2.53. The van der Waals surface area contributed by atoms with Crippen LogP contribution in [0.2, 0.25) is 5.02 Å². The molecular formula is C21H23ClN2O3. The standard InChI is InChI=1S/C21H23ClN2O3/c1-3-27-17-10-8-16(9-11-17)24-13-15(12-20(24)25)21(26)23-14(2)18-6-4-5-7-19(18)22/h4-11,14-15H,3,12-13H2,1-2H3,(H,23,26). The molecule has 1 heterocycles. The summed E-state index contributed by atoms with van der Waals surface area (Å²) in [5.41, 5.74) is 1.64. The third-order valence-electron chi connectivity index (χ3n) is 4.69. The molecule has 1 aliphatic rings. The minimum Gasteiger partial charge on any atom is -0.494 e. The Morgan fingerprint density at radius 3 is 2.63 bits per heavy atom. The first-order valence-electron chi connectivity index (χ1n) is 9.07. The Balaban J connectivity index is 1.64. The molecule has 0 spiro atoms. The number of anilines is 1. The van der Waals surface area contributed by atoms with Gasteiger partial charge in [0.25, 0.3) is 0 Å².